The standard InChI is InChI=1S/C13H17N7OS/c21-12(19-6-8-22-9-7-19)11-10-20(18-17-11)5-4-16-13-14-2-1-3-15-13/h1-3,10H,4-9H2,(H,14,15,16). The molecule has 1 aliphatic heterocycles. The van der Waals surface area contributed by atoms with Crippen molar-refractivity contribution < 1.29 is 4.79 Å². The third-order valence-electron chi connectivity index (χ3n) is 3.25. The van der Waals surface area contributed by atoms with Crippen molar-refractivity contribution in [2.45, 2.75) is 6.54 Å². The van der Waals surface area contributed by atoms with Crippen molar-refractivity contribution in [3.8, 4) is 0 Å². The molecule has 0 unspecified atom stereocenters. The average Bonchev–Trinajstić information content (AvgIpc) is 3.05. The van der Waals surface area contributed by atoms with Gasteiger partial charge in [0.15, 0.2) is 5.69 Å². The second kappa shape index (κ2) is 7.21. The number of anilines is 1. The van der Waals surface area contributed by atoms with E-state index in [4.69, 9.17) is 0 Å². The number of amides is 1. The Morgan fingerprint density at radius 2 is 2.05 bits per heavy atom. The first-order valence-corrected chi connectivity index (χ1v) is 8.26. The molecule has 116 valence electrons. The minimum absolute atomic E-state index is 0.0362. The largest absolute Gasteiger partial charge is 0.352 e. The number of thioether (sulfide) groups is 1. The number of hydrogen-bond donors (Lipinski definition) is 1. The molecule has 9 heteroatoms. The van der Waals surface area contributed by atoms with Gasteiger partial charge in [-0.1, -0.05) is 5.21 Å². The molecule has 0 bridgehead atoms. The molecule has 0 aromatic carbocycles. The minimum atomic E-state index is -0.0362. The SMILES string of the molecule is O=C(c1cn(CCNc2ncccn2)nn1)N1CCSCC1. The highest BCUT2D eigenvalue weighted by molar-refractivity contribution is 7.99. The molecule has 0 atom stereocenters. The number of aromatic nitrogens is 5. The van der Waals surface area contributed by atoms with E-state index in [-0.39, 0.29) is 5.91 Å². The number of nitrogens with one attached hydrogen (secondary N) is 1. The van der Waals surface area contributed by atoms with Gasteiger partial charge < -0.3 is 10.2 Å². The summed E-state index contributed by atoms with van der Waals surface area (Å²) in [7, 11) is 0. The quantitative estimate of drug-likeness (QED) is 0.851. The normalized spacial score (nSPS) is 14.8. The fourth-order valence-corrected chi connectivity index (χ4v) is 3.01. The summed E-state index contributed by atoms with van der Waals surface area (Å²) in [4.78, 5) is 22.3. The van der Waals surface area contributed by atoms with E-state index in [9.17, 15) is 4.79 Å². The molecule has 0 saturated carbocycles. The van der Waals surface area contributed by atoms with Gasteiger partial charge in [0.05, 0.1) is 12.7 Å². The van der Waals surface area contributed by atoms with Crippen LogP contribution in [-0.2, 0) is 6.54 Å². The van der Waals surface area contributed by atoms with Crippen LogP contribution in [0.5, 0.6) is 0 Å². The summed E-state index contributed by atoms with van der Waals surface area (Å²) in [5.74, 6) is 2.51. The van der Waals surface area contributed by atoms with E-state index in [1.54, 1.807) is 29.3 Å². The minimum Gasteiger partial charge on any atom is -0.352 e. The summed E-state index contributed by atoms with van der Waals surface area (Å²) in [5.41, 5.74) is 0.405. The van der Waals surface area contributed by atoms with Gasteiger partial charge in [0, 0.05) is 43.5 Å². The van der Waals surface area contributed by atoms with E-state index in [2.05, 4.69) is 25.6 Å². The number of hydrogen-bond acceptors (Lipinski definition) is 7. The molecule has 1 fully saturated rings. The molecule has 2 aromatic heterocycles. The predicted molar refractivity (Wildman–Crippen MR) is 83.8 cm³/mol. The maximum atomic E-state index is 12.3. The van der Waals surface area contributed by atoms with E-state index in [0.29, 0.717) is 24.7 Å². The molecular weight excluding hydrogens is 302 g/mol. The lowest BCUT2D eigenvalue weighted by Crippen LogP contribution is -2.38. The second-order valence-corrected chi connectivity index (χ2v) is 6.00. The van der Waals surface area contributed by atoms with Crippen LogP contribution in [0.15, 0.2) is 24.7 Å². The molecule has 1 aliphatic rings. The average molecular weight is 319 g/mol. The van der Waals surface area contributed by atoms with Gasteiger partial charge in [-0.3, -0.25) is 4.79 Å². The molecule has 8 nitrogen and oxygen atoms in total. The number of carbonyl (C=O) groups excluding carboxylic acids is 1. The molecule has 0 aliphatic carbocycles. The Hall–Kier alpha value is -2.16. The van der Waals surface area contributed by atoms with E-state index < -0.39 is 0 Å². The maximum absolute atomic E-state index is 12.3. The molecule has 3 rings (SSSR count). The fourth-order valence-electron chi connectivity index (χ4n) is 2.11. The first kappa shape index (κ1) is 14.8. The Morgan fingerprint density at radius 3 is 2.82 bits per heavy atom. The van der Waals surface area contributed by atoms with Crippen LogP contribution < -0.4 is 5.32 Å². The Kier molecular flexibility index (Phi) is 4.84. The van der Waals surface area contributed by atoms with E-state index in [0.717, 1.165) is 24.6 Å². The van der Waals surface area contributed by atoms with Crippen LogP contribution in [0.4, 0.5) is 5.95 Å². The molecule has 1 amide bonds. The van der Waals surface area contributed by atoms with Crippen molar-refractivity contribution in [3.05, 3.63) is 30.4 Å². The molecule has 2 aromatic rings. The van der Waals surface area contributed by atoms with Crippen LogP contribution >= 0.6 is 11.8 Å². The highest BCUT2D eigenvalue weighted by Gasteiger charge is 2.20. The van der Waals surface area contributed by atoms with Crippen molar-refractivity contribution in [3.63, 3.8) is 0 Å². The zero-order chi connectivity index (χ0) is 15.2. The molecule has 1 N–H and O–H groups in total. The van der Waals surface area contributed by atoms with Gasteiger partial charge in [0.2, 0.25) is 5.95 Å². The summed E-state index contributed by atoms with van der Waals surface area (Å²) in [6, 6.07) is 1.76. The Balaban J connectivity index is 1.51. The van der Waals surface area contributed by atoms with Gasteiger partial charge in [0.25, 0.3) is 5.91 Å². The molecule has 1 saturated heterocycles. The van der Waals surface area contributed by atoms with Gasteiger partial charge in [-0.15, -0.1) is 5.10 Å². The van der Waals surface area contributed by atoms with Crippen molar-refractivity contribution in [2.75, 3.05) is 36.5 Å². The summed E-state index contributed by atoms with van der Waals surface area (Å²) in [6.45, 7) is 2.77. The van der Waals surface area contributed by atoms with Gasteiger partial charge >= 0.3 is 0 Å². The lowest BCUT2D eigenvalue weighted by atomic mass is 10.3. The third-order valence-corrected chi connectivity index (χ3v) is 4.19. The highest BCUT2D eigenvalue weighted by atomic mass is 32.2. The number of carbonyl (C=O) groups is 1. The zero-order valence-corrected chi connectivity index (χ0v) is 12.9. The Labute approximate surface area is 132 Å². The van der Waals surface area contributed by atoms with Crippen LogP contribution in [0.1, 0.15) is 10.5 Å². The van der Waals surface area contributed by atoms with Crippen molar-refractivity contribution in [2.24, 2.45) is 0 Å². The van der Waals surface area contributed by atoms with Crippen LogP contribution in [0.25, 0.3) is 0 Å². The highest BCUT2D eigenvalue weighted by Crippen LogP contribution is 2.11. The molecular formula is C13H17N7OS. The van der Waals surface area contributed by atoms with Gasteiger partial charge in [-0.25, -0.2) is 14.6 Å². The smallest absolute Gasteiger partial charge is 0.276 e. The Morgan fingerprint density at radius 1 is 1.27 bits per heavy atom. The monoisotopic (exact) mass is 319 g/mol. The van der Waals surface area contributed by atoms with Gasteiger partial charge in [0.1, 0.15) is 0 Å². The third kappa shape index (κ3) is 3.73. The predicted octanol–water partition coefficient (Wildman–Crippen LogP) is 0.369. The van der Waals surface area contributed by atoms with Crippen LogP contribution in [0.3, 0.4) is 0 Å². The van der Waals surface area contributed by atoms with Crippen LogP contribution in [0.2, 0.25) is 0 Å². The fraction of sp³-hybridized carbons (Fsp3) is 0.462. The van der Waals surface area contributed by atoms with E-state index in [1.165, 1.54) is 0 Å². The second-order valence-electron chi connectivity index (χ2n) is 4.77. The van der Waals surface area contributed by atoms with Gasteiger partial charge in [-0.05, 0) is 6.07 Å². The van der Waals surface area contributed by atoms with Crippen molar-refractivity contribution >= 4 is 23.6 Å². The summed E-state index contributed by atoms with van der Waals surface area (Å²) in [6.07, 6.45) is 5.05. The zero-order valence-electron chi connectivity index (χ0n) is 12.1. The number of rotatable bonds is 5. The first-order valence-electron chi connectivity index (χ1n) is 7.11. The molecule has 0 spiro atoms. The summed E-state index contributed by atoms with van der Waals surface area (Å²) in [5, 5.41) is 11.1. The summed E-state index contributed by atoms with van der Waals surface area (Å²) >= 11 is 1.87. The lowest BCUT2D eigenvalue weighted by Gasteiger charge is -2.25. The topological polar surface area (TPSA) is 88.8 Å². The summed E-state index contributed by atoms with van der Waals surface area (Å²) < 4.78 is 1.65. The molecule has 22 heavy (non-hydrogen) atoms. The Bertz CT molecular complexity index is 612. The van der Waals surface area contributed by atoms with E-state index in [1.807, 2.05) is 16.7 Å². The van der Waals surface area contributed by atoms with Crippen molar-refractivity contribution in [1.29, 1.82) is 0 Å². The lowest BCUT2D eigenvalue weighted by molar-refractivity contribution is 0.0766. The van der Waals surface area contributed by atoms with Crippen LogP contribution in [-0.4, -0.2) is 66.9 Å². The van der Waals surface area contributed by atoms with Crippen molar-refractivity contribution in [1.82, 2.24) is 29.9 Å². The first-order chi connectivity index (χ1) is 10.8. The molecule has 3 heterocycles. The maximum Gasteiger partial charge on any atom is 0.276 e. The number of nitrogens with zero attached hydrogens (tertiary/aromatic N) is 6. The molecule has 0 radical (unpaired) electrons. The van der Waals surface area contributed by atoms with E-state index >= 15 is 0 Å². The van der Waals surface area contributed by atoms with Gasteiger partial charge in [-0.2, -0.15) is 11.8 Å². The van der Waals surface area contributed by atoms with Crippen LogP contribution in [0, 0.1) is 0 Å².